The van der Waals surface area contributed by atoms with Gasteiger partial charge in [0, 0.05) is 17.5 Å². The highest BCUT2D eigenvalue weighted by Crippen LogP contribution is 2.27. The Labute approximate surface area is 137 Å². The van der Waals surface area contributed by atoms with Crippen LogP contribution in [0.25, 0.3) is 11.3 Å². The fourth-order valence-corrected chi connectivity index (χ4v) is 3.35. The molecule has 2 amide bonds. The molecule has 1 heterocycles. The van der Waals surface area contributed by atoms with Crippen molar-refractivity contribution in [1.82, 2.24) is 15.6 Å². The maximum absolute atomic E-state index is 11.7. The van der Waals surface area contributed by atoms with Gasteiger partial charge in [-0.05, 0) is 6.92 Å². The Kier molecular flexibility index (Phi) is 6.42. The van der Waals surface area contributed by atoms with E-state index in [1.807, 2.05) is 42.6 Å². The molecule has 2 aromatic rings. The molecule has 1 aromatic heterocycles. The second-order valence-corrected chi connectivity index (χ2v) is 6.46. The van der Waals surface area contributed by atoms with E-state index in [0.29, 0.717) is 6.54 Å². The Morgan fingerprint density at radius 2 is 1.95 bits per heavy atom. The van der Waals surface area contributed by atoms with Crippen molar-refractivity contribution < 1.29 is 9.59 Å². The summed E-state index contributed by atoms with van der Waals surface area (Å²) < 4.78 is 0.840. The molecule has 0 radical (unpaired) electrons. The van der Waals surface area contributed by atoms with Gasteiger partial charge in [-0.1, -0.05) is 42.1 Å². The summed E-state index contributed by atoms with van der Waals surface area (Å²) in [5, 5.41) is 7.18. The van der Waals surface area contributed by atoms with Crippen molar-refractivity contribution in [1.29, 1.82) is 0 Å². The van der Waals surface area contributed by atoms with Crippen LogP contribution in [0.5, 0.6) is 0 Å². The number of carbonyl (C=O) groups excluding carboxylic acids is 2. The standard InChI is InChI=1S/C15H17N3O2S2/c1-2-16-13(19)8-17-14(20)10-22-15-18-12(9-21-15)11-6-4-3-5-7-11/h3-7,9H,2,8,10H2,1H3,(H,16,19)(H,17,20). The smallest absolute Gasteiger partial charge is 0.239 e. The summed E-state index contributed by atoms with van der Waals surface area (Å²) in [5.74, 6) is -0.101. The lowest BCUT2D eigenvalue weighted by atomic mass is 10.2. The molecule has 0 saturated heterocycles. The molecule has 0 saturated carbocycles. The summed E-state index contributed by atoms with van der Waals surface area (Å²) in [6.45, 7) is 2.41. The number of aromatic nitrogens is 1. The van der Waals surface area contributed by atoms with Gasteiger partial charge in [0.2, 0.25) is 11.8 Å². The number of benzene rings is 1. The molecule has 1 aromatic carbocycles. The van der Waals surface area contributed by atoms with Gasteiger partial charge in [0.15, 0.2) is 4.34 Å². The molecule has 0 spiro atoms. The Morgan fingerprint density at radius 1 is 1.18 bits per heavy atom. The van der Waals surface area contributed by atoms with Crippen LogP contribution < -0.4 is 10.6 Å². The highest BCUT2D eigenvalue weighted by Gasteiger charge is 2.09. The van der Waals surface area contributed by atoms with E-state index in [1.165, 1.54) is 23.1 Å². The van der Waals surface area contributed by atoms with Crippen LogP contribution >= 0.6 is 23.1 Å². The number of nitrogens with zero attached hydrogens (tertiary/aromatic N) is 1. The van der Waals surface area contributed by atoms with Gasteiger partial charge in [-0.15, -0.1) is 11.3 Å². The molecule has 0 atom stereocenters. The van der Waals surface area contributed by atoms with Crippen LogP contribution in [0.3, 0.4) is 0 Å². The van der Waals surface area contributed by atoms with Crippen LogP contribution in [0.15, 0.2) is 40.1 Å². The second-order valence-electron chi connectivity index (χ2n) is 4.38. The van der Waals surface area contributed by atoms with Gasteiger partial charge in [-0.25, -0.2) is 4.98 Å². The van der Waals surface area contributed by atoms with Gasteiger partial charge in [-0.3, -0.25) is 9.59 Å². The predicted octanol–water partition coefficient (Wildman–Crippen LogP) is 2.15. The molecule has 0 aliphatic carbocycles. The Hall–Kier alpha value is -1.86. The predicted molar refractivity (Wildman–Crippen MR) is 90.0 cm³/mol. The van der Waals surface area contributed by atoms with E-state index in [2.05, 4.69) is 15.6 Å². The highest BCUT2D eigenvalue weighted by molar-refractivity contribution is 8.01. The molecule has 116 valence electrons. The molecule has 5 nitrogen and oxygen atoms in total. The number of rotatable bonds is 7. The van der Waals surface area contributed by atoms with E-state index in [-0.39, 0.29) is 24.1 Å². The fourth-order valence-electron chi connectivity index (χ4n) is 1.68. The zero-order valence-electron chi connectivity index (χ0n) is 12.2. The van der Waals surface area contributed by atoms with Gasteiger partial charge in [-0.2, -0.15) is 0 Å². The van der Waals surface area contributed by atoms with Gasteiger partial charge in [0.1, 0.15) is 0 Å². The average molecular weight is 335 g/mol. The van der Waals surface area contributed by atoms with E-state index in [1.54, 1.807) is 0 Å². The molecule has 0 aliphatic heterocycles. The molecule has 0 bridgehead atoms. The Bertz CT molecular complexity index is 629. The van der Waals surface area contributed by atoms with Crippen molar-refractivity contribution in [2.24, 2.45) is 0 Å². The third-order valence-corrected chi connectivity index (χ3v) is 4.72. The summed E-state index contributed by atoms with van der Waals surface area (Å²) in [4.78, 5) is 27.4. The Balaban J connectivity index is 1.79. The molecule has 0 aliphatic rings. The van der Waals surface area contributed by atoms with E-state index in [0.717, 1.165) is 15.6 Å². The van der Waals surface area contributed by atoms with Crippen LogP contribution in [0.1, 0.15) is 6.92 Å². The molecule has 2 rings (SSSR count). The van der Waals surface area contributed by atoms with Crippen molar-refractivity contribution >= 4 is 34.9 Å². The van der Waals surface area contributed by atoms with E-state index < -0.39 is 0 Å². The number of amides is 2. The first-order valence-corrected chi connectivity index (χ1v) is 8.72. The monoisotopic (exact) mass is 335 g/mol. The number of thioether (sulfide) groups is 1. The lowest BCUT2D eigenvalue weighted by molar-refractivity contribution is -0.124. The van der Waals surface area contributed by atoms with Crippen molar-refractivity contribution in [2.45, 2.75) is 11.3 Å². The van der Waals surface area contributed by atoms with Gasteiger partial charge >= 0.3 is 0 Å². The molecular weight excluding hydrogens is 318 g/mol. The van der Waals surface area contributed by atoms with E-state index >= 15 is 0 Å². The lowest BCUT2D eigenvalue weighted by Gasteiger charge is -2.04. The summed E-state index contributed by atoms with van der Waals surface area (Å²) in [5.41, 5.74) is 1.97. The molecule has 0 unspecified atom stereocenters. The largest absolute Gasteiger partial charge is 0.355 e. The fraction of sp³-hybridized carbons (Fsp3) is 0.267. The van der Waals surface area contributed by atoms with Crippen LogP contribution in [-0.4, -0.2) is 35.6 Å². The van der Waals surface area contributed by atoms with Crippen LogP contribution in [0.4, 0.5) is 0 Å². The highest BCUT2D eigenvalue weighted by atomic mass is 32.2. The first-order valence-electron chi connectivity index (χ1n) is 6.86. The molecule has 7 heteroatoms. The quantitative estimate of drug-likeness (QED) is 0.761. The second kappa shape index (κ2) is 8.55. The topological polar surface area (TPSA) is 71.1 Å². The number of thiazole rings is 1. The third kappa shape index (κ3) is 5.16. The van der Waals surface area contributed by atoms with Crippen molar-refractivity contribution in [3.05, 3.63) is 35.7 Å². The first kappa shape index (κ1) is 16.5. The summed E-state index contributed by atoms with van der Waals surface area (Å²) >= 11 is 2.88. The van der Waals surface area contributed by atoms with Crippen LogP contribution in [-0.2, 0) is 9.59 Å². The zero-order valence-corrected chi connectivity index (χ0v) is 13.8. The molecule has 22 heavy (non-hydrogen) atoms. The molecular formula is C15H17N3O2S2. The normalized spacial score (nSPS) is 10.2. The van der Waals surface area contributed by atoms with Gasteiger partial charge in [0.25, 0.3) is 0 Å². The average Bonchev–Trinajstić information content (AvgIpc) is 3.01. The minimum atomic E-state index is -0.179. The van der Waals surface area contributed by atoms with Crippen LogP contribution in [0, 0.1) is 0 Å². The number of hydrogen-bond donors (Lipinski definition) is 2. The summed E-state index contributed by atoms with van der Waals surface area (Å²) in [6, 6.07) is 9.90. The Morgan fingerprint density at radius 3 is 2.68 bits per heavy atom. The minimum Gasteiger partial charge on any atom is -0.355 e. The van der Waals surface area contributed by atoms with Crippen molar-refractivity contribution in [3.8, 4) is 11.3 Å². The number of hydrogen-bond acceptors (Lipinski definition) is 5. The summed E-state index contributed by atoms with van der Waals surface area (Å²) in [7, 11) is 0. The minimum absolute atomic E-state index is 0.0143. The van der Waals surface area contributed by atoms with E-state index in [9.17, 15) is 9.59 Å². The van der Waals surface area contributed by atoms with Crippen molar-refractivity contribution in [2.75, 3.05) is 18.8 Å². The third-order valence-electron chi connectivity index (χ3n) is 2.70. The number of likely N-dealkylation sites (N-methyl/N-ethyl adjacent to an activating group) is 1. The number of carbonyl (C=O) groups is 2. The van der Waals surface area contributed by atoms with Gasteiger partial charge in [0.05, 0.1) is 18.0 Å². The lowest BCUT2D eigenvalue weighted by Crippen LogP contribution is -2.37. The summed E-state index contributed by atoms with van der Waals surface area (Å²) in [6.07, 6.45) is 0. The van der Waals surface area contributed by atoms with Gasteiger partial charge < -0.3 is 10.6 Å². The van der Waals surface area contributed by atoms with E-state index in [4.69, 9.17) is 0 Å². The number of nitrogens with one attached hydrogen (secondary N) is 2. The zero-order chi connectivity index (χ0) is 15.8. The van der Waals surface area contributed by atoms with Crippen molar-refractivity contribution in [3.63, 3.8) is 0 Å². The first-order chi connectivity index (χ1) is 10.7. The maximum atomic E-state index is 11.7. The van der Waals surface area contributed by atoms with Crippen LogP contribution in [0.2, 0.25) is 0 Å². The maximum Gasteiger partial charge on any atom is 0.239 e. The molecule has 2 N–H and O–H groups in total. The molecule has 0 fully saturated rings. The SMILES string of the molecule is CCNC(=O)CNC(=O)CSc1nc(-c2ccccc2)cs1.